The molecule has 3 N–H and O–H groups in total. The van der Waals surface area contributed by atoms with E-state index >= 15 is 0 Å². The first-order valence-electron chi connectivity index (χ1n) is 5.48. The number of aliphatic hydroxyl groups is 1. The molecule has 1 heterocycles. The molecular formula is C10H20N2O. The van der Waals surface area contributed by atoms with Crippen molar-refractivity contribution in [1.29, 1.82) is 0 Å². The van der Waals surface area contributed by atoms with E-state index in [1.165, 1.54) is 25.7 Å². The molecular weight excluding hydrogens is 164 g/mol. The van der Waals surface area contributed by atoms with Crippen molar-refractivity contribution in [3.8, 4) is 0 Å². The van der Waals surface area contributed by atoms with Gasteiger partial charge in [-0.2, -0.15) is 0 Å². The number of rotatable bonds is 3. The molecule has 0 aromatic heterocycles. The van der Waals surface area contributed by atoms with Crippen LogP contribution in [0, 0.1) is 5.92 Å². The summed E-state index contributed by atoms with van der Waals surface area (Å²) in [6.07, 6.45) is 5.08. The Morgan fingerprint density at radius 1 is 1.23 bits per heavy atom. The third-order valence-electron chi connectivity index (χ3n) is 3.37. The molecule has 2 rings (SSSR count). The average Bonchev–Trinajstić information content (AvgIpc) is 2.12. The number of hydrogen-bond acceptors (Lipinski definition) is 3. The van der Waals surface area contributed by atoms with Crippen LogP contribution in [0.4, 0.5) is 0 Å². The fraction of sp³-hybridized carbons (Fsp3) is 1.00. The second-order valence-corrected chi connectivity index (χ2v) is 4.36. The Bertz CT molecular complexity index is 159. The average molecular weight is 184 g/mol. The molecule has 3 heteroatoms. The largest absolute Gasteiger partial charge is 0.396 e. The molecule has 0 radical (unpaired) electrons. The highest BCUT2D eigenvalue weighted by Gasteiger charge is 2.28. The van der Waals surface area contributed by atoms with Gasteiger partial charge in [0.15, 0.2) is 0 Å². The number of hydrogen-bond donors (Lipinski definition) is 3. The van der Waals surface area contributed by atoms with Crippen LogP contribution in [0.1, 0.15) is 25.7 Å². The predicted octanol–water partition coefficient (Wildman–Crippen LogP) is 0.0989. The lowest BCUT2D eigenvalue weighted by atomic mass is 9.84. The van der Waals surface area contributed by atoms with E-state index in [9.17, 15) is 5.11 Å². The fourth-order valence-corrected chi connectivity index (χ4v) is 2.35. The highest BCUT2D eigenvalue weighted by molar-refractivity contribution is 4.89. The molecule has 2 fully saturated rings. The molecule has 1 saturated carbocycles. The van der Waals surface area contributed by atoms with Crippen molar-refractivity contribution in [2.45, 2.75) is 37.8 Å². The Hall–Kier alpha value is -0.120. The topological polar surface area (TPSA) is 44.3 Å². The van der Waals surface area contributed by atoms with Crippen molar-refractivity contribution in [1.82, 2.24) is 10.6 Å². The van der Waals surface area contributed by atoms with Crippen LogP contribution in [0.3, 0.4) is 0 Å². The van der Waals surface area contributed by atoms with Gasteiger partial charge in [-0.1, -0.05) is 12.8 Å². The van der Waals surface area contributed by atoms with Crippen LogP contribution in [-0.2, 0) is 0 Å². The SMILES string of the molecule is OCC1CCCCC1NC1CNC1. The molecule has 1 aliphatic heterocycles. The quantitative estimate of drug-likeness (QED) is 0.583. The van der Waals surface area contributed by atoms with E-state index in [-0.39, 0.29) is 0 Å². The van der Waals surface area contributed by atoms with Crippen LogP contribution in [0.25, 0.3) is 0 Å². The molecule has 2 atom stereocenters. The molecule has 3 nitrogen and oxygen atoms in total. The summed E-state index contributed by atoms with van der Waals surface area (Å²) in [5, 5.41) is 16.1. The molecule has 0 aromatic rings. The molecule has 1 saturated heterocycles. The normalized spacial score (nSPS) is 35.8. The molecule has 0 spiro atoms. The third kappa shape index (κ3) is 2.22. The van der Waals surface area contributed by atoms with Crippen molar-refractivity contribution in [3.63, 3.8) is 0 Å². The van der Waals surface area contributed by atoms with Gasteiger partial charge in [0, 0.05) is 31.8 Å². The maximum Gasteiger partial charge on any atom is 0.0474 e. The molecule has 0 bridgehead atoms. The zero-order valence-corrected chi connectivity index (χ0v) is 8.13. The van der Waals surface area contributed by atoms with Gasteiger partial charge in [-0.25, -0.2) is 0 Å². The van der Waals surface area contributed by atoms with Gasteiger partial charge in [-0.3, -0.25) is 0 Å². The minimum Gasteiger partial charge on any atom is -0.396 e. The summed E-state index contributed by atoms with van der Waals surface area (Å²) in [4.78, 5) is 0. The van der Waals surface area contributed by atoms with Gasteiger partial charge in [0.25, 0.3) is 0 Å². The summed E-state index contributed by atoms with van der Waals surface area (Å²) in [5.74, 6) is 0.509. The van der Waals surface area contributed by atoms with Gasteiger partial charge >= 0.3 is 0 Å². The Labute approximate surface area is 79.9 Å². The van der Waals surface area contributed by atoms with Gasteiger partial charge < -0.3 is 15.7 Å². The molecule has 2 aliphatic rings. The zero-order valence-electron chi connectivity index (χ0n) is 8.13. The van der Waals surface area contributed by atoms with Crippen molar-refractivity contribution < 1.29 is 5.11 Å². The van der Waals surface area contributed by atoms with E-state index < -0.39 is 0 Å². The lowest BCUT2D eigenvalue weighted by Crippen LogP contribution is -2.59. The van der Waals surface area contributed by atoms with E-state index in [1.807, 2.05) is 0 Å². The summed E-state index contributed by atoms with van der Waals surface area (Å²) in [6.45, 7) is 2.57. The maximum atomic E-state index is 9.21. The first-order chi connectivity index (χ1) is 6.40. The predicted molar refractivity (Wildman–Crippen MR) is 52.6 cm³/mol. The van der Waals surface area contributed by atoms with Crippen molar-refractivity contribution >= 4 is 0 Å². The van der Waals surface area contributed by atoms with Gasteiger partial charge in [-0.15, -0.1) is 0 Å². The second kappa shape index (κ2) is 4.40. The van der Waals surface area contributed by atoms with Crippen molar-refractivity contribution in [2.75, 3.05) is 19.7 Å². The van der Waals surface area contributed by atoms with Crippen LogP contribution in [0.5, 0.6) is 0 Å². The molecule has 0 amide bonds. The van der Waals surface area contributed by atoms with Gasteiger partial charge in [0.2, 0.25) is 0 Å². The van der Waals surface area contributed by atoms with Gasteiger partial charge in [0.05, 0.1) is 0 Å². The summed E-state index contributed by atoms with van der Waals surface area (Å²) >= 11 is 0. The monoisotopic (exact) mass is 184 g/mol. The second-order valence-electron chi connectivity index (χ2n) is 4.36. The summed E-state index contributed by atoms with van der Waals surface area (Å²) in [6, 6.07) is 1.24. The molecule has 2 unspecified atom stereocenters. The van der Waals surface area contributed by atoms with Crippen LogP contribution >= 0.6 is 0 Å². The van der Waals surface area contributed by atoms with Crippen molar-refractivity contribution in [2.24, 2.45) is 5.92 Å². The van der Waals surface area contributed by atoms with E-state index in [0.29, 0.717) is 24.6 Å². The van der Waals surface area contributed by atoms with E-state index in [1.54, 1.807) is 0 Å². The summed E-state index contributed by atoms with van der Waals surface area (Å²) < 4.78 is 0. The minimum absolute atomic E-state index is 0.359. The third-order valence-corrected chi connectivity index (χ3v) is 3.37. The minimum atomic E-state index is 0.359. The van der Waals surface area contributed by atoms with Crippen LogP contribution in [-0.4, -0.2) is 36.9 Å². The van der Waals surface area contributed by atoms with Crippen molar-refractivity contribution in [3.05, 3.63) is 0 Å². The smallest absolute Gasteiger partial charge is 0.0474 e. The van der Waals surface area contributed by atoms with E-state index in [0.717, 1.165) is 13.1 Å². The lowest BCUT2D eigenvalue weighted by molar-refractivity contribution is 0.138. The molecule has 76 valence electrons. The zero-order chi connectivity index (χ0) is 9.10. The molecule has 1 aliphatic carbocycles. The summed E-state index contributed by atoms with van der Waals surface area (Å²) in [7, 11) is 0. The van der Waals surface area contributed by atoms with Crippen LogP contribution in [0.2, 0.25) is 0 Å². The maximum absolute atomic E-state index is 9.21. The standard InChI is InChI=1S/C10H20N2O/c13-7-8-3-1-2-4-10(8)12-9-5-11-6-9/h8-13H,1-7H2. The highest BCUT2D eigenvalue weighted by Crippen LogP contribution is 2.24. The molecule has 0 aromatic carbocycles. The van der Waals surface area contributed by atoms with Crippen LogP contribution < -0.4 is 10.6 Å². The van der Waals surface area contributed by atoms with Gasteiger partial charge in [-0.05, 0) is 18.8 Å². The Kier molecular flexibility index (Phi) is 3.19. The number of aliphatic hydroxyl groups excluding tert-OH is 1. The Morgan fingerprint density at radius 2 is 2.00 bits per heavy atom. The Balaban J connectivity index is 1.79. The van der Waals surface area contributed by atoms with Gasteiger partial charge in [0.1, 0.15) is 0 Å². The lowest BCUT2D eigenvalue weighted by Gasteiger charge is -2.38. The highest BCUT2D eigenvalue weighted by atomic mass is 16.3. The fourth-order valence-electron chi connectivity index (χ4n) is 2.35. The first kappa shape index (κ1) is 9.44. The number of nitrogens with one attached hydrogen (secondary N) is 2. The Morgan fingerprint density at radius 3 is 2.62 bits per heavy atom. The van der Waals surface area contributed by atoms with E-state index in [4.69, 9.17) is 0 Å². The van der Waals surface area contributed by atoms with E-state index in [2.05, 4.69) is 10.6 Å². The summed E-state index contributed by atoms with van der Waals surface area (Å²) in [5.41, 5.74) is 0. The molecule has 13 heavy (non-hydrogen) atoms. The van der Waals surface area contributed by atoms with Crippen LogP contribution in [0.15, 0.2) is 0 Å². The first-order valence-corrected chi connectivity index (χ1v) is 5.48.